The Bertz CT molecular complexity index is 884. The summed E-state index contributed by atoms with van der Waals surface area (Å²) in [5.41, 5.74) is 9.37. The fourth-order valence-corrected chi connectivity index (χ4v) is 3.71. The lowest BCUT2D eigenvalue weighted by atomic mass is 9.95. The molecule has 1 aromatic heterocycles. The molecule has 2 atom stereocenters. The Morgan fingerprint density at radius 2 is 1.83 bits per heavy atom. The Labute approximate surface area is 141 Å². The van der Waals surface area contributed by atoms with Crippen LogP contribution in [0.5, 0.6) is 0 Å². The number of nitrogens with two attached hydrogens (primary N) is 1. The van der Waals surface area contributed by atoms with Crippen molar-refractivity contribution in [1.82, 2.24) is 9.47 Å². The second kappa shape index (κ2) is 5.80. The molecule has 2 aromatic carbocycles. The van der Waals surface area contributed by atoms with E-state index >= 15 is 0 Å². The number of amides is 1. The van der Waals surface area contributed by atoms with Crippen molar-refractivity contribution in [1.29, 1.82) is 0 Å². The molecular formula is C20H21N3O. The lowest BCUT2D eigenvalue weighted by Crippen LogP contribution is -2.32. The molecule has 0 saturated carbocycles. The number of aromatic nitrogens is 1. The average Bonchev–Trinajstić information content (AvgIpc) is 3.18. The van der Waals surface area contributed by atoms with Gasteiger partial charge in [-0.15, -0.1) is 0 Å². The average molecular weight is 319 g/mol. The molecule has 0 bridgehead atoms. The Morgan fingerprint density at radius 3 is 2.62 bits per heavy atom. The Kier molecular flexibility index (Phi) is 3.62. The van der Waals surface area contributed by atoms with Crippen molar-refractivity contribution in [2.45, 2.75) is 12.0 Å². The first-order valence-corrected chi connectivity index (χ1v) is 8.29. The number of rotatable bonds is 2. The van der Waals surface area contributed by atoms with Crippen LogP contribution in [-0.4, -0.2) is 34.5 Å². The molecule has 1 fully saturated rings. The number of nitrogens with zero attached hydrogens (tertiary/aromatic N) is 2. The normalized spacial score (nSPS) is 20.7. The molecule has 0 unspecified atom stereocenters. The highest BCUT2D eigenvalue weighted by Gasteiger charge is 2.34. The molecule has 4 rings (SSSR count). The smallest absolute Gasteiger partial charge is 0.254 e. The summed E-state index contributed by atoms with van der Waals surface area (Å²) < 4.78 is 2.04. The van der Waals surface area contributed by atoms with E-state index in [-0.39, 0.29) is 17.9 Å². The zero-order chi connectivity index (χ0) is 16.7. The van der Waals surface area contributed by atoms with Gasteiger partial charge in [0.25, 0.3) is 5.91 Å². The van der Waals surface area contributed by atoms with Gasteiger partial charge < -0.3 is 15.2 Å². The maximum atomic E-state index is 13.1. The van der Waals surface area contributed by atoms with Crippen LogP contribution in [0.25, 0.3) is 10.9 Å². The lowest BCUT2D eigenvalue weighted by molar-refractivity contribution is 0.0791. The van der Waals surface area contributed by atoms with Gasteiger partial charge in [0.15, 0.2) is 0 Å². The van der Waals surface area contributed by atoms with Crippen LogP contribution in [0, 0.1) is 0 Å². The quantitative estimate of drug-likeness (QED) is 0.789. The molecule has 1 aliphatic heterocycles. The van der Waals surface area contributed by atoms with Crippen molar-refractivity contribution in [3.8, 4) is 0 Å². The number of fused-ring (bicyclic) bond motifs is 1. The number of hydrogen-bond acceptors (Lipinski definition) is 2. The maximum absolute atomic E-state index is 13.1. The van der Waals surface area contributed by atoms with E-state index in [9.17, 15) is 4.79 Å². The van der Waals surface area contributed by atoms with Crippen LogP contribution < -0.4 is 5.73 Å². The first-order chi connectivity index (χ1) is 11.6. The van der Waals surface area contributed by atoms with Gasteiger partial charge in [-0.3, -0.25) is 4.79 Å². The summed E-state index contributed by atoms with van der Waals surface area (Å²) >= 11 is 0. The summed E-state index contributed by atoms with van der Waals surface area (Å²) in [6.45, 7) is 1.27. The topological polar surface area (TPSA) is 51.3 Å². The first-order valence-electron chi connectivity index (χ1n) is 8.29. The number of hydrogen-bond donors (Lipinski definition) is 1. The maximum Gasteiger partial charge on any atom is 0.254 e. The van der Waals surface area contributed by atoms with E-state index in [1.807, 2.05) is 65.2 Å². The van der Waals surface area contributed by atoms with Gasteiger partial charge in [0, 0.05) is 54.8 Å². The van der Waals surface area contributed by atoms with E-state index in [1.165, 1.54) is 5.56 Å². The summed E-state index contributed by atoms with van der Waals surface area (Å²) in [4.78, 5) is 14.9. The van der Waals surface area contributed by atoms with E-state index in [0.717, 1.165) is 16.5 Å². The van der Waals surface area contributed by atoms with Crippen molar-refractivity contribution in [2.75, 3.05) is 13.1 Å². The van der Waals surface area contributed by atoms with Crippen LogP contribution in [-0.2, 0) is 7.05 Å². The monoisotopic (exact) mass is 319 g/mol. The van der Waals surface area contributed by atoms with Gasteiger partial charge in [-0.1, -0.05) is 36.4 Å². The van der Waals surface area contributed by atoms with Crippen molar-refractivity contribution in [2.24, 2.45) is 12.8 Å². The Balaban J connectivity index is 1.63. The first kappa shape index (κ1) is 15.0. The number of benzene rings is 2. The van der Waals surface area contributed by atoms with Gasteiger partial charge in [0.1, 0.15) is 0 Å². The predicted molar refractivity (Wildman–Crippen MR) is 96.0 cm³/mol. The molecule has 4 nitrogen and oxygen atoms in total. The van der Waals surface area contributed by atoms with Crippen LogP contribution in [0.3, 0.4) is 0 Å². The number of likely N-dealkylation sites (tertiary alicyclic amines) is 1. The van der Waals surface area contributed by atoms with Crippen LogP contribution >= 0.6 is 0 Å². The van der Waals surface area contributed by atoms with E-state index in [0.29, 0.717) is 13.1 Å². The van der Waals surface area contributed by atoms with Crippen molar-refractivity contribution in [3.63, 3.8) is 0 Å². The molecule has 2 heterocycles. The largest absolute Gasteiger partial charge is 0.351 e. The van der Waals surface area contributed by atoms with Gasteiger partial charge >= 0.3 is 0 Å². The predicted octanol–water partition coefficient (Wildman–Crippen LogP) is 2.75. The molecular weight excluding hydrogens is 298 g/mol. The summed E-state index contributed by atoms with van der Waals surface area (Å²) in [5.74, 6) is 0.269. The molecule has 0 radical (unpaired) electrons. The Morgan fingerprint density at radius 1 is 1.04 bits per heavy atom. The molecule has 1 aliphatic rings. The van der Waals surface area contributed by atoms with Crippen LogP contribution in [0.1, 0.15) is 21.8 Å². The molecule has 1 saturated heterocycles. The third-order valence-electron chi connectivity index (χ3n) is 5.04. The van der Waals surface area contributed by atoms with E-state index in [4.69, 9.17) is 5.73 Å². The summed E-state index contributed by atoms with van der Waals surface area (Å²) in [6, 6.07) is 18.1. The third-order valence-corrected chi connectivity index (χ3v) is 5.04. The molecule has 0 aliphatic carbocycles. The van der Waals surface area contributed by atoms with Gasteiger partial charge in [0.05, 0.1) is 0 Å². The van der Waals surface area contributed by atoms with Crippen molar-refractivity contribution >= 4 is 16.8 Å². The number of carbonyl (C=O) groups excluding carboxylic acids is 1. The summed E-state index contributed by atoms with van der Waals surface area (Å²) in [6.07, 6.45) is 1.99. The molecule has 2 N–H and O–H groups in total. The molecule has 3 aromatic rings. The second-order valence-corrected chi connectivity index (χ2v) is 6.56. The van der Waals surface area contributed by atoms with Gasteiger partial charge in [-0.2, -0.15) is 0 Å². The molecule has 0 spiro atoms. The van der Waals surface area contributed by atoms with Gasteiger partial charge in [-0.05, 0) is 23.8 Å². The van der Waals surface area contributed by atoms with Crippen LogP contribution in [0.4, 0.5) is 0 Å². The zero-order valence-electron chi connectivity index (χ0n) is 13.7. The number of aryl methyl sites for hydroxylation is 1. The fraction of sp³-hybridized carbons (Fsp3) is 0.250. The second-order valence-electron chi connectivity index (χ2n) is 6.56. The van der Waals surface area contributed by atoms with Gasteiger partial charge in [0.2, 0.25) is 0 Å². The molecule has 122 valence electrons. The van der Waals surface area contributed by atoms with E-state index in [2.05, 4.69) is 12.1 Å². The minimum atomic E-state index is -0.0219. The molecule has 1 amide bonds. The molecule has 24 heavy (non-hydrogen) atoms. The highest BCUT2D eigenvalue weighted by atomic mass is 16.2. The van der Waals surface area contributed by atoms with E-state index < -0.39 is 0 Å². The van der Waals surface area contributed by atoms with Crippen molar-refractivity contribution in [3.05, 3.63) is 71.9 Å². The minimum Gasteiger partial charge on any atom is -0.351 e. The standard InChI is InChI=1S/C20H21N3O/c1-22-11-10-15-16(8-5-9-19(15)22)20(24)23-12-17(18(21)13-23)14-6-3-2-4-7-14/h2-11,17-18H,12-13,21H2,1H3/t17-,18+/m1/s1. The van der Waals surface area contributed by atoms with Crippen LogP contribution in [0.15, 0.2) is 60.8 Å². The van der Waals surface area contributed by atoms with Crippen LogP contribution in [0.2, 0.25) is 0 Å². The third kappa shape index (κ3) is 2.39. The SMILES string of the molecule is Cn1ccc2c(C(=O)N3C[C@H](c4ccccc4)[C@@H](N)C3)cccc21. The highest BCUT2D eigenvalue weighted by Crippen LogP contribution is 2.29. The zero-order valence-corrected chi connectivity index (χ0v) is 13.7. The Hall–Kier alpha value is -2.59. The fourth-order valence-electron chi connectivity index (χ4n) is 3.71. The lowest BCUT2D eigenvalue weighted by Gasteiger charge is -2.17. The van der Waals surface area contributed by atoms with E-state index in [1.54, 1.807) is 0 Å². The van der Waals surface area contributed by atoms with Crippen molar-refractivity contribution < 1.29 is 4.79 Å². The highest BCUT2D eigenvalue weighted by molar-refractivity contribution is 6.06. The minimum absolute atomic E-state index is 0.0219. The summed E-state index contributed by atoms with van der Waals surface area (Å²) in [7, 11) is 1.99. The van der Waals surface area contributed by atoms with Gasteiger partial charge in [-0.25, -0.2) is 0 Å². The summed E-state index contributed by atoms with van der Waals surface area (Å²) in [5, 5.41) is 1.00. The molecule has 4 heteroatoms. The number of carbonyl (C=O) groups is 1.